The molecule has 0 rings (SSSR count). The maximum absolute atomic E-state index is 3.83. The third-order valence-electron chi connectivity index (χ3n) is 0. The number of hydrogen-bond donors (Lipinski definition) is 0. The van der Waals surface area contributed by atoms with Gasteiger partial charge in [-0.15, -0.1) is 0 Å². The molecule has 0 aliphatic heterocycles. The zero-order valence-electron chi connectivity index (χ0n) is 3.52. The molecule has 0 radical (unpaired) electrons. The number of hydrogen-bond acceptors (Lipinski definition) is 1. The normalized spacial score (nSPS) is 1.67. The van der Waals surface area contributed by atoms with Gasteiger partial charge in [0.05, 0.1) is 0 Å². The molecule has 0 unspecified atom stereocenters. The quantitative estimate of drug-likeness (QED) is 0.612. The third kappa shape index (κ3) is 113. The molecular formula is C4H12SW. The van der Waals surface area contributed by atoms with Crippen molar-refractivity contribution in [2.24, 2.45) is 0 Å². The Balaban J connectivity index is -0.00000000500. The minimum atomic E-state index is 0. The van der Waals surface area contributed by atoms with Crippen LogP contribution in [0.5, 0.6) is 0 Å². The van der Waals surface area contributed by atoms with E-state index in [0.29, 0.717) is 0 Å². The van der Waals surface area contributed by atoms with Crippen molar-refractivity contribution >= 4 is 18.1 Å². The van der Waals surface area contributed by atoms with Crippen molar-refractivity contribution in [1.82, 2.24) is 0 Å². The summed E-state index contributed by atoms with van der Waals surface area (Å²) in [5.74, 6) is 2.83. The van der Waals surface area contributed by atoms with Gasteiger partial charge in [0.25, 0.3) is 0 Å². The van der Waals surface area contributed by atoms with Gasteiger partial charge in [-0.3, -0.25) is 0 Å². The number of thiocarbonyl (C=S) groups is 1. The molecule has 0 aromatic rings. The molecule has 0 aliphatic carbocycles. The summed E-state index contributed by atoms with van der Waals surface area (Å²) in [4.78, 5) is 0. The summed E-state index contributed by atoms with van der Waals surface area (Å²) in [5, 5.41) is 0. The van der Waals surface area contributed by atoms with E-state index in [1.807, 2.05) is 13.8 Å². The Morgan fingerprint density at radius 3 is 1.17 bits per heavy atom. The van der Waals surface area contributed by atoms with E-state index in [1.165, 1.54) is 0 Å². The minimum absolute atomic E-state index is 0. The van der Waals surface area contributed by atoms with Gasteiger partial charge in [0.15, 0.2) is 0 Å². The Kier molecular flexibility index (Phi) is 1060. The molecule has 0 aliphatic rings. The van der Waals surface area contributed by atoms with Crippen molar-refractivity contribution in [2.75, 3.05) is 0 Å². The van der Waals surface area contributed by atoms with E-state index in [2.05, 4.69) is 18.1 Å². The van der Waals surface area contributed by atoms with Crippen LogP contribution in [0.4, 0.5) is 0 Å². The van der Waals surface area contributed by atoms with Gasteiger partial charge in [0.2, 0.25) is 0 Å². The van der Waals surface area contributed by atoms with Gasteiger partial charge in [0.1, 0.15) is 0 Å². The molecular weight excluding hydrogens is 264 g/mol. The third-order valence-corrected chi connectivity index (χ3v) is 0. The predicted molar refractivity (Wildman–Crippen MR) is 32.8 cm³/mol. The van der Waals surface area contributed by atoms with Crippen LogP contribution in [-0.2, 0) is 21.1 Å². The first kappa shape index (κ1) is 29.3. The molecule has 0 heterocycles. The van der Waals surface area contributed by atoms with Gasteiger partial charge in [-0.1, -0.05) is 33.5 Å². The fourth-order valence-corrected chi connectivity index (χ4v) is 0. The van der Waals surface area contributed by atoms with Gasteiger partial charge in [-0.25, -0.2) is 0 Å². The van der Waals surface area contributed by atoms with E-state index in [1.54, 1.807) is 0 Å². The smallest absolute Gasteiger partial charge is 0 e. The molecule has 0 N–H and O–H groups in total. The van der Waals surface area contributed by atoms with Crippen LogP contribution in [0.1, 0.15) is 21.3 Å². The second-order valence-corrected chi connectivity index (χ2v) is 0. The molecule has 0 fully saturated rings. The van der Waals surface area contributed by atoms with E-state index < -0.39 is 0 Å². The molecule has 0 atom stereocenters. The average molecular weight is 276 g/mol. The van der Waals surface area contributed by atoms with Gasteiger partial charge in [-0.2, -0.15) is 0 Å². The van der Waals surface area contributed by atoms with E-state index in [4.69, 9.17) is 0 Å². The van der Waals surface area contributed by atoms with Crippen LogP contribution in [0.2, 0.25) is 0 Å². The Labute approximate surface area is 60.6 Å². The molecule has 40 valence electrons. The molecule has 0 aromatic heterocycles. The second-order valence-electron chi connectivity index (χ2n) is 0. The van der Waals surface area contributed by atoms with Crippen LogP contribution < -0.4 is 0 Å². The van der Waals surface area contributed by atoms with Crippen molar-refractivity contribution < 1.29 is 21.1 Å². The van der Waals surface area contributed by atoms with Gasteiger partial charge >= 0.3 is 0 Å². The van der Waals surface area contributed by atoms with Crippen LogP contribution in [0, 0.1) is 0 Å². The first-order valence-electron chi connectivity index (χ1n) is 1.29. The Morgan fingerprint density at radius 1 is 1.17 bits per heavy atom. The molecule has 0 saturated heterocycles. The fraction of sp³-hybridized carbons (Fsp3) is 0.750. The predicted octanol–water partition coefficient (Wildman–Crippen LogP) is 2.28. The largest absolute Gasteiger partial charge is 0.0973 e. The van der Waals surface area contributed by atoms with Crippen LogP contribution >= 0.6 is 12.2 Å². The molecule has 0 saturated carbocycles. The molecule has 2 heteroatoms. The summed E-state index contributed by atoms with van der Waals surface area (Å²) < 4.78 is 0. The molecule has 0 aromatic carbocycles. The van der Waals surface area contributed by atoms with Gasteiger partial charge in [-0.05, 0) is 5.87 Å². The van der Waals surface area contributed by atoms with E-state index in [9.17, 15) is 0 Å². The van der Waals surface area contributed by atoms with E-state index in [-0.39, 0.29) is 28.5 Å². The molecule has 6 heavy (non-hydrogen) atoms. The maximum Gasteiger partial charge on any atom is 0 e. The molecule has 0 bridgehead atoms. The van der Waals surface area contributed by atoms with Crippen LogP contribution in [-0.4, -0.2) is 5.87 Å². The van der Waals surface area contributed by atoms with Crippen molar-refractivity contribution in [1.29, 1.82) is 0 Å². The first-order valence-corrected chi connectivity index (χ1v) is 1.87. The molecule has 0 amide bonds. The van der Waals surface area contributed by atoms with Crippen molar-refractivity contribution in [2.45, 2.75) is 21.3 Å². The van der Waals surface area contributed by atoms with Gasteiger partial charge in [0, 0.05) is 21.1 Å². The van der Waals surface area contributed by atoms with Crippen LogP contribution in [0.15, 0.2) is 0 Å². The van der Waals surface area contributed by atoms with Gasteiger partial charge < -0.3 is 0 Å². The number of rotatable bonds is 0. The van der Waals surface area contributed by atoms with Crippen molar-refractivity contribution in [3.8, 4) is 0 Å². The van der Waals surface area contributed by atoms with E-state index >= 15 is 0 Å². The monoisotopic (exact) mass is 276 g/mol. The Bertz CT molecular complexity index is 7.51. The Hall–Kier alpha value is 0.778. The van der Waals surface area contributed by atoms with Crippen molar-refractivity contribution in [3.05, 3.63) is 0 Å². The summed E-state index contributed by atoms with van der Waals surface area (Å²) in [6, 6.07) is 0. The zero-order chi connectivity index (χ0) is 4.00. The summed E-state index contributed by atoms with van der Waals surface area (Å²) in [5.41, 5.74) is 0. The zero-order valence-corrected chi connectivity index (χ0v) is 7.27. The summed E-state index contributed by atoms with van der Waals surface area (Å²) >= 11 is 3.83. The molecule has 0 nitrogen and oxygen atoms in total. The molecule has 0 spiro atoms. The summed E-state index contributed by atoms with van der Waals surface area (Å²) in [6.07, 6.45) is 0. The summed E-state index contributed by atoms with van der Waals surface area (Å²) in [7, 11) is 0. The first-order chi connectivity index (χ1) is 2.00. The topological polar surface area (TPSA) is 0 Å². The fourth-order valence-electron chi connectivity index (χ4n) is 0. The Morgan fingerprint density at radius 2 is 1.17 bits per heavy atom. The minimum Gasteiger partial charge on any atom is -0.0973 e. The average Bonchev–Trinajstić information content (AvgIpc) is 1.50. The summed E-state index contributed by atoms with van der Waals surface area (Å²) in [6.45, 7) is 4.00. The van der Waals surface area contributed by atoms with Crippen molar-refractivity contribution in [3.63, 3.8) is 0 Å². The van der Waals surface area contributed by atoms with Crippen LogP contribution in [0.25, 0.3) is 0 Å². The standard InChI is InChI=1S/C2H6.CH2S.CH4.W/c2*1-2;;/h1-2H3;1H2;1H4;. The SMILES string of the molecule is C.C=S.CC.[W]. The van der Waals surface area contributed by atoms with Crippen LogP contribution in [0.3, 0.4) is 0 Å². The maximum atomic E-state index is 3.83. The van der Waals surface area contributed by atoms with E-state index in [0.717, 1.165) is 0 Å². The second kappa shape index (κ2) is 218.